The molecule has 0 saturated heterocycles. The molecular weight excluding hydrogens is 299 g/mol. The largest absolute Gasteiger partial charge is 0.416 e. The second-order valence-corrected chi connectivity index (χ2v) is 4.77. The van der Waals surface area contributed by atoms with E-state index in [0.29, 0.717) is 5.39 Å². The Balaban J connectivity index is 2.43. The number of benzene rings is 1. The van der Waals surface area contributed by atoms with Crippen LogP contribution in [0.25, 0.3) is 22.0 Å². The second-order valence-electron chi connectivity index (χ2n) is 4.77. The van der Waals surface area contributed by atoms with Crippen LogP contribution in [0, 0.1) is 0 Å². The Hall–Kier alpha value is -2.84. The third kappa shape index (κ3) is 2.10. The Morgan fingerprint density at radius 1 is 1.32 bits per heavy atom. The van der Waals surface area contributed by atoms with Gasteiger partial charge in [0.25, 0.3) is 5.56 Å². The van der Waals surface area contributed by atoms with Gasteiger partial charge in [0.2, 0.25) is 0 Å². The standard InChI is InChI=1S/C13H10F3N5O/c1-21-5-18-11(17)10(12(21)22)7-2-6(13(14,15)16)3-9-8(7)4-19-20-9/h2-5H,17H2,1H3,(H,19,20). The van der Waals surface area contributed by atoms with E-state index in [9.17, 15) is 18.0 Å². The number of halogens is 3. The minimum absolute atomic E-state index is 0.0461. The summed E-state index contributed by atoms with van der Waals surface area (Å²) in [6.07, 6.45) is -2.01. The molecule has 0 aliphatic heterocycles. The number of nitrogen functional groups attached to an aromatic ring is 1. The number of aromatic nitrogens is 4. The molecule has 0 amide bonds. The van der Waals surface area contributed by atoms with Crippen molar-refractivity contribution in [1.29, 1.82) is 0 Å². The SMILES string of the molecule is Cn1cnc(N)c(-c2cc(C(F)(F)F)cc3[nH]ncc23)c1=O. The van der Waals surface area contributed by atoms with Crippen molar-refractivity contribution in [3.63, 3.8) is 0 Å². The van der Waals surface area contributed by atoms with Gasteiger partial charge < -0.3 is 10.3 Å². The maximum atomic E-state index is 13.0. The molecule has 3 rings (SSSR count). The summed E-state index contributed by atoms with van der Waals surface area (Å²) in [5.74, 6) is -0.134. The second kappa shape index (κ2) is 4.58. The molecule has 22 heavy (non-hydrogen) atoms. The van der Waals surface area contributed by atoms with Crippen LogP contribution in [0.1, 0.15) is 5.56 Å². The number of nitrogens with two attached hydrogens (primary N) is 1. The fourth-order valence-electron chi connectivity index (χ4n) is 2.23. The van der Waals surface area contributed by atoms with Crippen molar-refractivity contribution in [2.24, 2.45) is 7.05 Å². The van der Waals surface area contributed by atoms with Crippen molar-refractivity contribution in [2.75, 3.05) is 5.73 Å². The van der Waals surface area contributed by atoms with E-state index in [4.69, 9.17) is 5.73 Å². The molecule has 0 spiro atoms. The molecule has 0 aliphatic carbocycles. The first kappa shape index (κ1) is 14.1. The molecular formula is C13H10F3N5O. The normalized spacial score (nSPS) is 12.0. The van der Waals surface area contributed by atoms with Crippen LogP contribution in [-0.4, -0.2) is 19.7 Å². The van der Waals surface area contributed by atoms with Gasteiger partial charge in [-0.25, -0.2) is 4.98 Å². The average molecular weight is 309 g/mol. The van der Waals surface area contributed by atoms with Gasteiger partial charge in [0.15, 0.2) is 0 Å². The Morgan fingerprint density at radius 3 is 2.73 bits per heavy atom. The molecule has 0 unspecified atom stereocenters. The number of nitrogens with one attached hydrogen (secondary N) is 1. The fraction of sp³-hybridized carbons (Fsp3) is 0.154. The molecule has 2 aromatic heterocycles. The number of fused-ring (bicyclic) bond motifs is 1. The topological polar surface area (TPSA) is 89.6 Å². The lowest BCUT2D eigenvalue weighted by Gasteiger charge is -2.11. The van der Waals surface area contributed by atoms with Crippen LogP contribution >= 0.6 is 0 Å². The van der Waals surface area contributed by atoms with Gasteiger partial charge in [0.05, 0.1) is 29.2 Å². The number of H-pyrrole nitrogens is 1. The van der Waals surface area contributed by atoms with Gasteiger partial charge in [-0.1, -0.05) is 0 Å². The molecule has 3 N–H and O–H groups in total. The first-order valence-corrected chi connectivity index (χ1v) is 6.15. The molecule has 3 aromatic rings. The first-order valence-electron chi connectivity index (χ1n) is 6.15. The van der Waals surface area contributed by atoms with E-state index >= 15 is 0 Å². The number of hydrogen-bond acceptors (Lipinski definition) is 4. The van der Waals surface area contributed by atoms with Gasteiger partial charge in [-0.05, 0) is 12.1 Å². The minimum atomic E-state index is -4.56. The van der Waals surface area contributed by atoms with Crippen LogP contribution in [-0.2, 0) is 13.2 Å². The number of rotatable bonds is 1. The molecule has 0 radical (unpaired) electrons. The number of alkyl halides is 3. The summed E-state index contributed by atoms with van der Waals surface area (Å²) in [7, 11) is 1.44. The highest BCUT2D eigenvalue weighted by Crippen LogP contribution is 2.36. The molecule has 0 saturated carbocycles. The number of aromatic amines is 1. The van der Waals surface area contributed by atoms with Crippen molar-refractivity contribution >= 4 is 16.7 Å². The lowest BCUT2D eigenvalue weighted by atomic mass is 10.00. The summed E-state index contributed by atoms with van der Waals surface area (Å²) in [6, 6.07) is 1.81. The molecule has 114 valence electrons. The van der Waals surface area contributed by atoms with Crippen LogP contribution in [0.3, 0.4) is 0 Å². The van der Waals surface area contributed by atoms with Crippen LogP contribution < -0.4 is 11.3 Å². The predicted molar refractivity (Wildman–Crippen MR) is 74.0 cm³/mol. The maximum Gasteiger partial charge on any atom is 0.416 e. The monoisotopic (exact) mass is 309 g/mol. The zero-order chi connectivity index (χ0) is 16.1. The summed E-state index contributed by atoms with van der Waals surface area (Å²) in [5, 5.41) is 6.57. The molecule has 6 nitrogen and oxygen atoms in total. The summed E-state index contributed by atoms with van der Waals surface area (Å²) >= 11 is 0. The molecule has 9 heteroatoms. The van der Waals surface area contributed by atoms with Crippen molar-refractivity contribution in [3.05, 3.63) is 40.6 Å². The van der Waals surface area contributed by atoms with E-state index in [1.165, 1.54) is 19.6 Å². The highest BCUT2D eigenvalue weighted by atomic mass is 19.4. The van der Waals surface area contributed by atoms with E-state index in [1.807, 2.05) is 0 Å². The fourth-order valence-corrected chi connectivity index (χ4v) is 2.23. The van der Waals surface area contributed by atoms with E-state index in [-0.39, 0.29) is 22.5 Å². The van der Waals surface area contributed by atoms with Gasteiger partial charge in [-0.2, -0.15) is 18.3 Å². The summed E-state index contributed by atoms with van der Waals surface area (Å²) < 4.78 is 40.3. The Morgan fingerprint density at radius 2 is 2.05 bits per heavy atom. The molecule has 0 fully saturated rings. The van der Waals surface area contributed by atoms with Crippen molar-refractivity contribution in [3.8, 4) is 11.1 Å². The first-order chi connectivity index (χ1) is 10.3. The minimum Gasteiger partial charge on any atom is -0.383 e. The van der Waals surface area contributed by atoms with E-state index in [2.05, 4.69) is 15.2 Å². The van der Waals surface area contributed by atoms with Gasteiger partial charge >= 0.3 is 6.18 Å². The van der Waals surface area contributed by atoms with Gasteiger partial charge in [-0.3, -0.25) is 9.89 Å². The van der Waals surface area contributed by atoms with Gasteiger partial charge in [-0.15, -0.1) is 0 Å². The Kier molecular flexibility index (Phi) is 2.94. The van der Waals surface area contributed by atoms with E-state index in [0.717, 1.165) is 16.7 Å². The summed E-state index contributed by atoms with van der Waals surface area (Å²) in [6.45, 7) is 0. The van der Waals surface area contributed by atoms with Crippen LogP contribution in [0.15, 0.2) is 29.5 Å². The van der Waals surface area contributed by atoms with Gasteiger partial charge in [0, 0.05) is 18.0 Å². The quantitative estimate of drug-likeness (QED) is 0.718. The summed E-state index contributed by atoms with van der Waals surface area (Å²) in [5.41, 5.74) is 4.40. The smallest absolute Gasteiger partial charge is 0.383 e. The molecule has 1 aromatic carbocycles. The van der Waals surface area contributed by atoms with Crippen molar-refractivity contribution in [2.45, 2.75) is 6.18 Å². The molecule has 2 heterocycles. The number of aryl methyl sites for hydroxylation is 1. The van der Waals surface area contributed by atoms with Gasteiger partial charge in [0.1, 0.15) is 5.82 Å². The van der Waals surface area contributed by atoms with E-state index in [1.54, 1.807) is 0 Å². The van der Waals surface area contributed by atoms with Crippen LogP contribution in [0.2, 0.25) is 0 Å². The number of anilines is 1. The lowest BCUT2D eigenvalue weighted by Crippen LogP contribution is -2.21. The van der Waals surface area contributed by atoms with E-state index < -0.39 is 17.3 Å². The maximum absolute atomic E-state index is 13.0. The Bertz CT molecular complexity index is 926. The number of hydrogen-bond donors (Lipinski definition) is 2. The predicted octanol–water partition coefficient (Wildman–Crippen LogP) is 1.92. The molecule has 0 aliphatic rings. The van der Waals surface area contributed by atoms with Crippen molar-refractivity contribution in [1.82, 2.24) is 19.7 Å². The Labute approximate surface area is 121 Å². The number of nitrogens with zero attached hydrogens (tertiary/aromatic N) is 3. The molecule has 0 atom stereocenters. The third-order valence-electron chi connectivity index (χ3n) is 3.32. The third-order valence-corrected chi connectivity index (χ3v) is 3.32. The van der Waals surface area contributed by atoms with Crippen LogP contribution in [0.5, 0.6) is 0 Å². The highest BCUT2D eigenvalue weighted by molar-refractivity contribution is 5.97. The molecule has 0 bridgehead atoms. The average Bonchev–Trinajstić information content (AvgIpc) is 2.90. The van der Waals surface area contributed by atoms with Crippen LogP contribution in [0.4, 0.5) is 19.0 Å². The highest BCUT2D eigenvalue weighted by Gasteiger charge is 2.32. The zero-order valence-corrected chi connectivity index (χ0v) is 11.3. The van der Waals surface area contributed by atoms with Crippen molar-refractivity contribution < 1.29 is 13.2 Å². The zero-order valence-electron chi connectivity index (χ0n) is 11.3. The lowest BCUT2D eigenvalue weighted by molar-refractivity contribution is -0.137. The summed E-state index contributed by atoms with van der Waals surface area (Å²) in [4.78, 5) is 16.1.